The molecule has 5 heteroatoms. The van der Waals surface area contributed by atoms with Gasteiger partial charge in [0.05, 0.1) is 16.8 Å². The third kappa shape index (κ3) is 3.63. The zero-order valence-electron chi connectivity index (χ0n) is 14.6. The van der Waals surface area contributed by atoms with Crippen molar-refractivity contribution in [3.63, 3.8) is 0 Å². The maximum absolute atomic E-state index is 12.9. The molecule has 2 heterocycles. The zero-order valence-corrected chi connectivity index (χ0v) is 16.2. The maximum Gasteiger partial charge on any atom is 0.252 e. The molecule has 3 aromatic rings. The van der Waals surface area contributed by atoms with Crippen molar-refractivity contribution >= 4 is 32.7 Å². The second-order valence-corrected chi connectivity index (χ2v) is 7.89. The molecule has 0 bridgehead atoms. The lowest BCUT2D eigenvalue weighted by atomic mass is 10.0. The molecule has 0 aliphatic heterocycles. The number of hydrogen-bond donors (Lipinski definition) is 1. The van der Waals surface area contributed by atoms with Gasteiger partial charge in [-0.1, -0.05) is 22.9 Å². The third-order valence-electron chi connectivity index (χ3n) is 5.00. The number of fused-ring (bicyclic) bond motifs is 1. The third-order valence-corrected chi connectivity index (χ3v) is 5.50. The van der Waals surface area contributed by atoms with Crippen LogP contribution in [-0.4, -0.2) is 22.4 Å². The second-order valence-electron chi connectivity index (χ2n) is 6.98. The number of carbonyl (C=O) groups is 1. The van der Waals surface area contributed by atoms with Crippen molar-refractivity contribution < 1.29 is 4.79 Å². The van der Waals surface area contributed by atoms with E-state index in [1.165, 1.54) is 12.8 Å². The van der Waals surface area contributed by atoms with Gasteiger partial charge in [0, 0.05) is 34.4 Å². The zero-order chi connectivity index (χ0) is 18.1. The first kappa shape index (κ1) is 17.2. The Morgan fingerprint density at radius 1 is 1.23 bits per heavy atom. The van der Waals surface area contributed by atoms with Gasteiger partial charge in [-0.25, -0.2) is 4.98 Å². The van der Waals surface area contributed by atoms with Gasteiger partial charge >= 0.3 is 0 Å². The van der Waals surface area contributed by atoms with Crippen molar-refractivity contribution in [2.24, 2.45) is 11.8 Å². The van der Waals surface area contributed by atoms with Gasteiger partial charge in [0.1, 0.15) is 0 Å². The number of pyridine rings is 2. The van der Waals surface area contributed by atoms with Crippen LogP contribution in [0.2, 0.25) is 0 Å². The Bertz CT molecular complexity index is 954. The fourth-order valence-electron chi connectivity index (χ4n) is 3.24. The van der Waals surface area contributed by atoms with E-state index in [2.05, 4.69) is 33.2 Å². The highest BCUT2D eigenvalue weighted by Gasteiger charge is 2.28. The van der Waals surface area contributed by atoms with Crippen molar-refractivity contribution in [2.45, 2.75) is 19.8 Å². The maximum atomic E-state index is 12.9. The van der Waals surface area contributed by atoms with E-state index in [1.807, 2.05) is 36.4 Å². The molecule has 1 saturated carbocycles. The number of aromatic nitrogens is 2. The molecule has 26 heavy (non-hydrogen) atoms. The van der Waals surface area contributed by atoms with E-state index in [0.717, 1.165) is 32.6 Å². The van der Waals surface area contributed by atoms with E-state index in [4.69, 9.17) is 4.98 Å². The molecule has 132 valence electrons. The fourth-order valence-corrected chi connectivity index (χ4v) is 3.60. The van der Waals surface area contributed by atoms with Crippen LogP contribution in [0.1, 0.15) is 30.1 Å². The molecule has 1 fully saturated rings. The average molecular weight is 410 g/mol. The first-order valence-corrected chi connectivity index (χ1v) is 9.70. The predicted octanol–water partition coefficient (Wildman–Crippen LogP) is 4.84. The molecule has 1 aliphatic carbocycles. The average Bonchev–Trinajstić information content (AvgIpc) is 3.51. The summed E-state index contributed by atoms with van der Waals surface area (Å²) in [6.07, 6.45) is 6.04. The smallest absolute Gasteiger partial charge is 0.252 e. The molecule has 1 aromatic carbocycles. The van der Waals surface area contributed by atoms with Crippen LogP contribution >= 0.6 is 15.9 Å². The number of benzene rings is 1. The first-order valence-electron chi connectivity index (χ1n) is 8.91. The standard InChI is InChI=1S/C21H20BrN3O/c1-13(14-2-3-14)12-24-21(26)18-11-20(15-6-8-23-9-7-15)25-19-5-4-16(22)10-17(18)19/h4-11,13-14H,2-3,12H2,1H3,(H,24,26). The number of carbonyl (C=O) groups excluding carboxylic acids is 1. The molecule has 0 radical (unpaired) electrons. The topological polar surface area (TPSA) is 54.9 Å². The van der Waals surface area contributed by atoms with Crippen LogP contribution in [0.4, 0.5) is 0 Å². The molecule has 1 unspecified atom stereocenters. The Balaban J connectivity index is 1.72. The van der Waals surface area contributed by atoms with Crippen LogP contribution in [0, 0.1) is 11.8 Å². The molecule has 0 saturated heterocycles. The lowest BCUT2D eigenvalue weighted by Crippen LogP contribution is -2.29. The minimum absolute atomic E-state index is 0.0432. The number of nitrogens with zero attached hydrogens (tertiary/aromatic N) is 2. The Kier molecular flexibility index (Phi) is 4.72. The Morgan fingerprint density at radius 2 is 2.00 bits per heavy atom. The van der Waals surface area contributed by atoms with Gasteiger partial charge < -0.3 is 5.32 Å². The molecular formula is C21H20BrN3O. The summed E-state index contributed by atoms with van der Waals surface area (Å²) in [6, 6.07) is 11.5. The van der Waals surface area contributed by atoms with Gasteiger partial charge in [-0.15, -0.1) is 0 Å². The van der Waals surface area contributed by atoms with Crippen molar-refractivity contribution in [3.05, 3.63) is 58.8 Å². The molecule has 0 spiro atoms. The van der Waals surface area contributed by atoms with Crippen LogP contribution in [0.3, 0.4) is 0 Å². The molecule has 1 atom stereocenters. The molecule has 1 aliphatic rings. The molecule has 1 amide bonds. The normalized spacial score (nSPS) is 15.0. The van der Waals surface area contributed by atoms with Gasteiger partial charge in [-0.3, -0.25) is 9.78 Å². The van der Waals surface area contributed by atoms with Gasteiger partial charge in [-0.2, -0.15) is 0 Å². The predicted molar refractivity (Wildman–Crippen MR) is 107 cm³/mol. The largest absolute Gasteiger partial charge is 0.352 e. The van der Waals surface area contributed by atoms with Crippen molar-refractivity contribution in [1.82, 2.24) is 15.3 Å². The van der Waals surface area contributed by atoms with Crippen LogP contribution in [0.15, 0.2) is 53.3 Å². The minimum Gasteiger partial charge on any atom is -0.352 e. The first-order chi connectivity index (χ1) is 12.6. The van der Waals surface area contributed by atoms with Crippen LogP contribution in [0.25, 0.3) is 22.2 Å². The van der Waals surface area contributed by atoms with Crippen LogP contribution < -0.4 is 5.32 Å². The molecule has 4 rings (SSSR count). The minimum atomic E-state index is -0.0432. The summed E-state index contributed by atoms with van der Waals surface area (Å²) < 4.78 is 0.934. The summed E-state index contributed by atoms with van der Waals surface area (Å²) in [6.45, 7) is 2.92. The number of halogens is 1. The second kappa shape index (κ2) is 7.16. The summed E-state index contributed by atoms with van der Waals surface area (Å²) in [7, 11) is 0. The molecular weight excluding hydrogens is 390 g/mol. The van der Waals surface area contributed by atoms with Crippen molar-refractivity contribution in [2.75, 3.05) is 6.54 Å². The van der Waals surface area contributed by atoms with Gasteiger partial charge in [0.15, 0.2) is 0 Å². The Hall–Kier alpha value is -2.27. The van der Waals surface area contributed by atoms with E-state index < -0.39 is 0 Å². The Labute approximate surface area is 161 Å². The fraction of sp³-hybridized carbons (Fsp3) is 0.286. The van der Waals surface area contributed by atoms with Crippen LogP contribution in [0.5, 0.6) is 0 Å². The highest BCUT2D eigenvalue weighted by atomic mass is 79.9. The number of nitrogens with one attached hydrogen (secondary N) is 1. The summed E-state index contributed by atoms with van der Waals surface area (Å²) in [5, 5.41) is 3.97. The lowest BCUT2D eigenvalue weighted by Gasteiger charge is -2.14. The van der Waals surface area contributed by atoms with E-state index in [-0.39, 0.29) is 5.91 Å². The molecule has 1 N–H and O–H groups in total. The van der Waals surface area contributed by atoms with Crippen molar-refractivity contribution in [3.8, 4) is 11.3 Å². The van der Waals surface area contributed by atoms with E-state index in [1.54, 1.807) is 12.4 Å². The highest BCUT2D eigenvalue weighted by molar-refractivity contribution is 9.10. The van der Waals surface area contributed by atoms with E-state index in [9.17, 15) is 4.79 Å². The summed E-state index contributed by atoms with van der Waals surface area (Å²) >= 11 is 3.50. The van der Waals surface area contributed by atoms with E-state index in [0.29, 0.717) is 18.0 Å². The summed E-state index contributed by atoms with van der Waals surface area (Å²) in [5.74, 6) is 1.25. The SMILES string of the molecule is CC(CNC(=O)c1cc(-c2ccncc2)nc2ccc(Br)cc12)C1CC1. The van der Waals surface area contributed by atoms with Crippen molar-refractivity contribution in [1.29, 1.82) is 0 Å². The van der Waals surface area contributed by atoms with Gasteiger partial charge in [0.2, 0.25) is 0 Å². The monoisotopic (exact) mass is 409 g/mol. The number of hydrogen-bond acceptors (Lipinski definition) is 3. The van der Waals surface area contributed by atoms with E-state index >= 15 is 0 Å². The van der Waals surface area contributed by atoms with Gasteiger partial charge in [-0.05, 0) is 61.1 Å². The Morgan fingerprint density at radius 3 is 2.73 bits per heavy atom. The number of amides is 1. The summed E-state index contributed by atoms with van der Waals surface area (Å²) in [5.41, 5.74) is 3.20. The molecule has 2 aromatic heterocycles. The highest BCUT2D eigenvalue weighted by Crippen LogP contribution is 2.36. The van der Waals surface area contributed by atoms with Crippen LogP contribution in [-0.2, 0) is 0 Å². The lowest BCUT2D eigenvalue weighted by molar-refractivity contribution is 0.0948. The summed E-state index contributed by atoms with van der Waals surface area (Å²) in [4.78, 5) is 21.7. The van der Waals surface area contributed by atoms with Gasteiger partial charge in [0.25, 0.3) is 5.91 Å². The quantitative estimate of drug-likeness (QED) is 0.655. The molecule has 4 nitrogen and oxygen atoms in total. The number of rotatable bonds is 5.